The van der Waals surface area contributed by atoms with Crippen LogP contribution in [0, 0.1) is 6.92 Å². The number of carbonyl (C=O) groups excluding carboxylic acids is 1. The second-order valence-electron chi connectivity index (χ2n) is 3.14. The van der Waals surface area contributed by atoms with Crippen LogP contribution in [-0.2, 0) is 0 Å². The predicted octanol–water partition coefficient (Wildman–Crippen LogP) is 1.94. The van der Waals surface area contributed by atoms with E-state index in [0.29, 0.717) is 5.75 Å². The zero-order valence-electron chi connectivity index (χ0n) is 8.23. The Morgan fingerprint density at radius 2 is 2.33 bits per heavy atom. The first-order valence-corrected chi connectivity index (χ1v) is 4.54. The summed E-state index contributed by atoms with van der Waals surface area (Å²) in [7, 11) is 0. The van der Waals surface area contributed by atoms with E-state index >= 15 is 0 Å². The van der Waals surface area contributed by atoms with Crippen molar-refractivity contribution in [2.45, 2.75) is 6.92 Å². The molecule has 0 fully saturated rings. The Kier molecular flexibility index (Phi) is 2.49. The fourth-order valence-electron chi connectivity index (χ4n) is 1.21. The Balaban J connectivity index is 2.13. The van der Waals surface area contributed by atoms with Gasteiger partial charge >= 0.3 is 5.97 Å². The number of esters is 1. The molecule has 1 N–H and O–H groups in total. The van der Waals surface area contributed by atoms with Crippen LogP contribution in [0.25, 0.3) is 0 Å². The summed E-state index contributed by atoms with van der Waals surface area (Å²) >= 11 is 0. The lowest BCUT2D eigenvalue weighted by Crippen LogP contribution is -2.10. The Hall–Kier alpha value is -2.10. The van der Waals surface area contributed by atoms with Crippen molar-refractivity contribution in [2.24, 2.45) is 0 Å². The van der Waals surface area contributed by atoms with Crippen LogP contribution in [0.2, 0.25) is 0 Å². The molecule has 0 bridgehead atoms. The van der Waals surface area contributed by atoms with Gasteiger partial charge in [0.1, 0.15) is 5.75 Å². The van der Waals surface area contributed by atoms with Gasteiger partial charge in [0, 0.05) is 12.4 Å². The number of carbonyl (C=O) groups is 1. The van der Waals surface area contributed by atoms with Crippen molar-refractivity contribution in [1.29, 1.82) is 0 Å². The number of nitrogens with one attached hydrogen (secondary N) is 1. The summed E-state index contributed by atoms with van der Waals surface area (Å²) in [4.78, 5) is 18.0. The molecule has 0 atom stereocenters. The Bertz CT molecular complexity index is 463. The van der Waals surface area contributed by atoms with Crippen molar-refractivity contribution in [1.82, 2.24) is 9.97 Å². The average molecular weight is 202 g/mol. The number of H-pyrrole nitrogens is 1. The van der Waals surface area contributed by atoms with Gasteiger partial charge in [-0.1, -0.05) is 12.1 Å². The van der Waals surface area contributed by atoms with Gasteiger partial charge in [-0.25, -0.2) is 9.78 Å². The maximum absolute atomic E-state index is 11.5. The zero-order valence-corrected chi connectivity index (χ0v) is 8.23. The molecule has 0 amide bonds. The van der Waals surface area contributed by atoms with Crippen LogP contribution < -0.4 is 4.74 Å². The highest BCUT2D eigenvalue weighted by atomic mass is 16.5. The first-order chi connectivity index (χ1) is 7.25. The summed E-state index contributed by atoms with van der Waals surface area (Å²) in [5.74, 6) is 0.249. The van der Waals surface area contributed by atoms with Gasteiger partial charge in [0.25, 0.3) is 0 Å². The van der Waals surface area contributed by atoms with Gasteiger partial charge < -0.3 is 9.72 Å². The fraction of sp³-hybridized carbons (Fsp3) is 0.0909. The third kappa shape index (κ3) is 2.22. The smallest absolute Gasteiger partial charge is 0.379 e. The molecule has 76 valence electrons. The molecule has 0 spiro atoms. The normalized spacial score (nSPS) is 9.93. The number of hydrogen-bond donors (Lipinski definition) is 1. The van der Waals surface area contributed by atoms with E-state index in [9.17, 15) is 4.79 Å². The monoisotopic (exact) mass is 202 g/mol. The molecule has 0 saturated heterocycles. The van der Waals surface area contributed by atoms with Gasteiger partial charge in [-0.2, -0.15) is 0 Å². The van der Waals surface area contributed by atoms with Crippen molar-refractivity contribution < 1.29 is 9.53 Å². The molecular weight excluding hydrogens is 192 g/mol. The molecule has 4 heteroatoms. The molecule has 1 aromatic carbocycles. The van der Waals surface area contributed by atoms with E-state index in [0.717, 1.165) is 5.56 Å². The minimum absolute atomic E-state index is 0.205. The van der Waals surface area contributed by atoms with Gasteiger partial charge in [0.15, 0.2) is 0 Å². The molecule has 0 aliphatic rings. The zero-order chi connectivity index (χ0) is 10.7. The van der Waals surface area contributed by atoms with Crippen LogP contribution in [0.4, 0.5) is 0 Å². The molecule has 2 aromatic rings. The molecule has 1 heterocycles. The van der Waals surface area contributed by atoms with Gasteiger partial charge in [-0.3, -0.25) is 0 Å². The van der Waals surface area contributed by atoms with Crippen LogP contribution in [0.3, 0.4) is 0 Å². The van der Waals surface area contributed by atoms with Crippen molar-refractivity contribution in [3.63, 3.8) is 0 Å². The summed E-state index contributed by atoms with van der Waals surface area (Å²) in [6, 6.07) is 7.29. The number of rotatable bonds is 2. The maximum atomic E-state index is 11.5. The number of hydrogen-bond acceptors (Lipinski definition) is 3. The van der Waals surface area contributed by atoms with Crippen LogP contribution in [0.15, 0.2) is 36.7 Å². The van der Waals surface area contributed by atoms with E-state index in [2.05, 4.69) is 9.97 Å². The van der Waals surface area contributed by atoms with Gasteiger partial charge in [-0.05, 0) is 24.6 Å². The van der Waals surface area contributed by atoms with E-state index in [-0.39, 0.29) is 5.82 Å². The van der Waals surface area contributed by atoms with E-state index < -0.39 is 5.97 Å². The lowest BCUT2D eigenvalue weighted by molar-refractivity contribution is 0.0723. The largest absolute Gasteiger partial charge is 0.421 e. The Labute approximate surface area is 86.9 Å². The molecule has 4 nitrogen and oxygen atoms in total. The van der Waals surface area contributed by atoms with Crippen LogP contribution >= 0.6 is 0 Å². The number of aromatic nitrogens is 2. The van der Waals surface area contributed by atoms with Gasteiger partial charge in [-0.15, -0.1) is 0 Å². The number of aryl methyl sites for hydroxylation is 1. The number of imidazole rings is 1. The number of benzene rings is 1. The first-order valence-electron chi connectivity index (χ1n) is 4.54. The van der Waals surface area contributed by atoms with Crippen LogP contribution in [-0.4, -0.2) is 15.9 Å². The quantitative estimate of drug-likeness (QED) is 0.598. The van der Waals surface area contributed by atoms with E-state index in [1.54, 1.807) is 18.3 Å². The molecule has 0 unspecified atom stereocenters. The number of ether oxygens (including phenoxy) is 1. The predicted molar refractivity (Wildman–Crippen MR) is 54.7 cm³/mol. The van der Waals surface area contributed by atoms with E-state index in [1.807, 2.05) is 19.1 Å². The minimum atomic E-state index is -0.481. The lowest BCUT2D eigenvalue weighted by atomic mass is 10.2. The van der Waals surface area contributed by atoms with Crippen molar-refractivity contribution >= 4 is 5.97 Å². The van der Waals surface area contributed by atoms with Gasteiger partial charge in [0.2, 0.25) is 5.82 Å². The molecule has 0 radical (unpaired) electrons. The molecular formula is C11H10N2O2. The van der Waals surface area contributed by atoms with Crippen LogP contribution in [0.1, 0.15) is 16.2 Å². The second-order valence-corrected chi connectivity index (χ2v) is 3.14. The highest BCUT2D eigenvalue weighted by Crippen LogP contribution is 2.13. The topological polar surface area (TPSA) is 55.0 Å². The third-order valence-electron chi connectivity index (χ3n) is 1.89. The molecule has 2 rings (SSSR count). The van der Waals surface area contributed by atoms with E-state index in [4.69, 9.17) is 4.74 Å². The average Bonchev–Trinajstić information content (AvgIpc) is 2.70. The number of nitrogens with zero attached hydrogens (tertiary/aromatic N) is 1. The molecule has 0 saturated carbocycles. The Morgan fingerprint density at radius 1 is 1.47 bits per heavy atom. The third-order valence-corrected chi connectivity index (χ3v) is 1.89. The van der Waals surface area contributed by atoms with Crippen LogP contribution in [0.5, 0.6) is 5.75 Å². The standard InChI is InChI=1S/C11H10N2O2/c1-8-3-2-4-9(7-8)15-11(14)10-12-5-6-13-10/h2-7H,1H3,(H,12,13). The maximum Gasteiger partial charge on any atom is 0.379 e. The first kappa shape index (κ1) is 9.45. The Morgan fingerprint density at radius 3 is 3.00 bits per heavy atom. The summed E-state index contributed by atoms with van der Waals surface area (Å²) in [6.07, 6.45) is 3.08. The van der Waals surface area contributed by atoms with Crippen molar-refractivity contribution in [2.75, 3.05) is 0 Å². The molecule has 0 aliphatic carbocycles. The highest BCUT2D eigenvalue weighted by Gasteiger charge is 2.10. The second kappa shape index (κ2) is 3.96. The van der Waals surface area contributed by atoms with Gasteiger partial charge in [0.05, 0.1) is 0 Å². The lowest BCUT2D eigenvalue weighted by Gasteiger charge is -2.02. The fourth-order valence-corrected chi connectivity index (χ4v) is 1.21. The van der Waals surface area contributed by atoms with Crippen molar-refractivity contribution in [3.05, 3.63) is 48.0 Å². The molecule has 15 heavy (non-hydrogen) atoms. The van der Waals surface area contributed by atoms with Crippen molar-refractivity contribution in [3.8, 4) is 5.75 Å². The van der Waals surface area contributed by atoms with E-state index in [1.165, 1.54) is 6.20 Å². The minimum Gasteiger partial charge on any atom is -0.421 e. The molecule has 0 aliphatic heterocycles. The summed E-state index contributed by atoms with van der Waals surface area (Å²) in [5.41, 5.74) is 1.04. The highest BCUT2D eigenvalue weighted by molar-refractivity contribution is 5.86. The summed E-state index contributed by atoms with van der Waals surface area (Å²) in [6.45, 7) is 1.93. The summed E-state index contributed by atoms with van der Waals surface area (Å²) in [5, 5.41) is 0. The summed E-state index contributed by atoms with van der Waals surface area (Å²) < 4.78 is 5.11. The molecule has 1 aromatic heterocycles. The number of aromatic amines is 1. The SMILES string of the molecule is Cc1cccc(OC(=O)c2ncc[nH]2)c1.